The Morgan fingerprint density at radius 3 is 2.71 bits per heavy atom. The van der Waals surface area contributed by atoms with Crippen LogP contribution in [0.25, 0.3) is 0 Å². The molecule has 0 bridgehead atoms. The quantitative estimate of drug-likeness (QED) is 0.885. The summed E-state index contributed by atoms with van der Waals surface area (Å²) in [5.74, 6) is 0.267. The third kappa shape index (κ3) is 4.22. The monoisotopic (exact) mass is 329 g/mol. The summed E-state index contributed by atoms with van der Waals surface area (Å²) in [6.07, 6.45) is 4.19. The molecule has 2 heterocycles. The van der Waals surface area contributed by atoms with E-state index in [1.54, 1.807) is 18.3 Å². The number of para-hydroxylation sites is 1. The molecule has 0 aliphatic carbocycles. The largest absolute Gasteiger partial charge is 0.481 e. The van der Waals surface area contributed by atoms with Crippen LogP contribution in [-0.4, -0.2) is 30.6 Å². The third-order valence-electron chi connectivity index (χ3n) is 3.92. The molecule has 0 spiro atoms. The zero-order valence-corrected chi connectivity index (χ0v) is 13.4. The van der Waals surface area contributed by atoms with E-state index in [-0.39, 0.29) is 18.3 Å². The summed E-state index contributed by atoms with van der Waals surface area (Å²) in [4.78, 5) is 18.5. The van der Waals surface area contributed by atoms with E-state index < -0.39 is 5.82 Å². The van der Waals surface area contributed by atoms with Gasteiger partial charge in [0.15, 0.2) is 18.2 Å². The molecule has 1 aromatic carbocycles. The molecule has 0 saturated carbocycles. The minimum absolute atomic E-state index is 0.0734. The smallest absolute Gasteiger partial charge is 0.258 e. The number of pyridine rings is 1. The maximum absolute atomic E-state index is 13.4. The Kier molecular flexibility index (Phi) is 5.25. The molecule has 24 heavy (non-hydrogen) atoms. The first kappa shape index (κ1) is 16.2. The number of benzene rings is 1. The highest BCUT2D eigenvalue weighted by Crippen LogP contribution is 2.17. The SMILES string of the molecule is O=C(COc1ccccc1F)NCc1ccc(N2CCCC2)nc1. The van der Waals surface area contributed by atoms with Gasteiger partial charge in [-0.1, -0.05) is 18.2 Å². The first-order valence-corrected chi connectivity index (χ1v) is 8.06. The van der Waals surface area contributed by atoms with E-state index in [0.717, 1.165) is 24.5 Å². The fraction of sp³-hybridized carbons (Fsp3) is 0.333. The maximum Gasteiger partial charge on any atom is 0.258 e. The van der Waals surface area contributed by atoms with Crippen LogP contribution in [0.15, 0.2) is 42.6 Å². The number of aromatic nitrogens is 1. The minimum Gasteiger partial charge on any atom is -0.481 e. The van der Waals surface area contributed by atoms with Crippen LogP contribution in [-0.2, 0) is 11.3 Å². The molecule has 1 aliphatic heterocycles. The highest BCUT2D eigenvalue weighted by Gasteiger charge is 2.13. The maximum atomic E-state index is 13.4. The molecule has 1 aliphatic rings. The Labute approximate surface area is 140 Å². The Balaban J connectivity index is 1.45. The minimum atomic E-state index is -0.480. The van der Waals surface area contributed by atoms with Gasteiger partial charge in [0.25, 0.3) is 5.91 Å². The number of hydrogen-bond donors (Lipinski definition) is 1. The molecule has 126 valence electrons. The molecule has 0 atom stereocenters. The molecule has 6 heteroatoms. The second kappa shape index (κ2) is 7.77. The first-order chi connectivity index (χ1) is 11.7. The molecule has 0 radical (unpaired) electrons. The number of halogens is 1. The number of ether oxygens (including phenoxy) is 1. The summed E-state index contributed by atoms with van der Waals surface area (Å²) in [6, 6.07) is 9.94. The van der Waals surface area contributed by atoms with Gasteiger partial charge in [-0.2, -0.15) is 0 Å². The second-order valence-electron chi connectivity index (χ2n) is 5.71. The molecule has 1 fully saturated rings. The topological polar surface area (TPSA) is 54.5 Å². The van der Waals surface area contributed by atoms with Gasteiger partial charge >= 0.3 is 0 Å². The second-order valence-corrected chi connectivity index (χ2v) is 5.71. The van der Waals surface area contributed by atoms with E-state index in [1.807, 2.05) is 12.1 Å². The van der Waals surface area contributed by atoms with Crippen molar-refractivity contribution in [1.29, 1.82) is 0 Å². The van der Waals surface area contributed by atoms with Crippen molar-refractivity contribution in [3.63, 3.8) is 0 Å². The van der Waals surface area contributed by atoms with Gasteiger partial charge in [0.2, 0.25) is 0 Å². The van der Waals surface area contributed by atoms with Crippen molar-refractivity contribution in [2.45, 2.75) is 19.4 Å². The number of carbonyl (C=O) groups excluding carboxylic acids is 1. The van der Waals surface area contributed by atoms with Gasteiger partial charge < -0.3 is 15.0 Å². The van der Waals surface area contributed by atoms with E-state index in [4.69, 9.17) is 4.74 Å². The molecule has 1 N–H and O–H groups in total. The number of rotatable bonds is 6. The van der Waals surface area contributed by atoms with E-state index in [1.165, 1.54) is 25.0 Å². The van der Waals surface area contributed by atoms with Gasteiger partial charge in [-0.3, -0.25) is 4.79 Å². The zero-order valence-electron chi connectivity index (χ0n) is 13.4. The highest BCUT2D eigenvalue weighted by atomic mass is 19.1. The van der Waals surface area contributed by atoms with E-state index in [0.29, 0.717) is 6.54 Å². The van der Waals surface area contributed by atoms with Crippen LogP contribution < -0.4 is 15.0 Å². The Bertz CT molecular complexity index is 685. The normalized spacial score (nSPS) is 13.8. The van der Waals surface area contributed by atoms with Crippen LogP contribution in [0, 0.1) is 5.82 Å². The Hall–Kier alpha value is -2.63. The van der Waals surface area contributed by atoms with E-state index >= 15 is 0 Å². The van der Waals surface area contributed by atoms with Gasteiger partial charge in [-0.15, -0.1) is 0 Å². The molecule has 1 saturated heterocycles. The first-order valence-electron chi connectivity index (χ1n) is 8.06. The molecule has 2 aromatic rings. The molecule has 3 rings (SSSR count). The zero-order chi connectivity index (χ0) is 16.8. The Morgan fingerprint density at radius 1 is 1.21 bits per heavy atom. The van der Waals surface area contributed by atoms with Crippen molar-refractivity contribution < 1.29 is 13.9 Å². The third-order valence-corrected chi connectivity index (χ3v) is 3.92. The lowest BCUT2D eigenvalue weighted by Gasteiger charge is -2.16. The number of anilines is 1. The van der Waals surface area contributed by atoms with Crippen LogP contribution in [0.3, 0.4) is 0 Å². The van der Waals surface area contributed by atoms with Gasteiger partial charge in [-0.25, -0.2) is 9.37 Å². The number of nitrogens with zero attached hydrogens (tertiary/aromatic N) is 2. The average molecular weight is 329 g/mol. The lowest BCUT2D eigenvalue weighted by atomic mass is 10.2. The van der Waals surface area contributed by atoms with Gasteiger partial charge in [0, 0.05) is 25.8 Å². The fourth-order valence-electron chi connectivity index (χ4n) is 2.61. The Morgan fingerprint density at radius 2 is 2.00 bits per heavy atom. The molecule has 1 amide bonds. The molecule has 5 nitrogen and oxygen atoms in total. The fourth-order valence-corrected chi connectivity index (χ4v) is 2.61. The molecule has 0 unspecified atom stereocenters. The number of nitrogens with one attached hydrogen (secondary N) is 1. The van der Waals surface area contributed by atoms with Gasteiger partial charge in [0.05, 0.1) is 0 Å². The van der Waals surface area contributed by atoms with Crippen LogP contribution in [0.1, 0.15) is 18.4 Å². The van der Waals surface area contributed by atoms with Gasteiger partial charge in [0.1, 0.15) is 5.82 Å². The van der Waals surface area contributed by atoms with Crippen molar-refractivity contribution >= 4 is 11.7 Å². The van der Waals surface area contributed by atoms with Crippen LogP contribution >= 0.6 is 0 Å². The van der Waals surface area contributed by atoms with Crippen molar-refractivity contribution in [2.75, 3.05) is 24.6 Å². The number of carbonyl (C=O) groups is 1. The lowest BCUT2D eigenvalue weighted by Crippen LogP contribution is -2.28. The average Bonchev–Trinajstić information content (AvgIpc) is 3.14. The van der Waals surface area contributed by atoms with E-state index in [9.17, 15) is 9.18 Å². The number of hydrogen-bond acceptors (Lipinski definition) is 4. The van der Waals surface area contributed by atoms with E-state index in [2.05, 4.69) is 15.2 Å². The van der Waals surface area contributed by atoms with Crippen LogP contribution in [0.2, 0.25) is 0 Å². The number of amides is 1. The lowest BCUT2D eigenvalue weighted by molar-refractivity contribution is -0.123. The van der Waals surface area contributed by atoms with Crippen molar-refractivity contribution in [1.82, 2.24) is 10.3 Å². The standard InChI is InChI=1S/C18H20FN3O2/c19-15-5-1-2-6-16(15)24-13-18(23)21-12-14-7-8-17(20-11-14)22-9-3-4-10-22/h1-2,5-8,11H,3-4,9-10,12-13H2,(H,21,23). The predicted molar refractivity (Wildman–Crippen MR) is 89.4 cm³/mol. The molecule has 1 aromatic heterocycles. The van der Waals surface area contributed by atoms with Crippen molar-refractivity contribution in [3.8, 4) is 5.75 Å². The van der Waals surface area contributed by atoms with Crippen LogP contribution in [0.4, 0.5) is 10.2 Å². The molecular formula is C18H20FN3O2. The summed E-state index contributed by atoms with van der Waals surface area (Å²) in [5.41, 5.74) is 0.914. The summed E-state index contributed by atoms with van der Waals surface area (Å²) in [7, 11) is 0. The van der Waals surface area contributed by atoms with Crippen molar-refractivity contribution in [2.24, 2.45) is 0 Å². The van der Waals surface area contributed by atoms with Crippen molar-refractivity contribution in [3.05, 3.63) is 54.0 Å². The summed E-state index contributed by atoms with van der Waals surface area (Å²) in [6.45, 7) is 2.25. The molecular weight excluding hydrogens is 309 g/mol. The predicted octanol–water partition coefficient (Wildman–Crippen LogP) is 2.52. The van der Waals surface area contributed by atoms with Gasteiger partial charge in [-0.05, 0) is 36.6 Å². The van der Waals surface area contributed by atoms with Crippen LogP contribution in [0.5, 0.6) is 5.75 Å². The summed E-state index contributed by atoms with van der Waals surface area (Å²) >= 11 is 0. The highest BCUT2D eigenvalue weighted by molar-refractivity contribution is 5.77. The summed E-state index contributed by atoms with van der Waals surface area (Å²) < 4.78 is 18.6. The summed E-state index contributed by atoms with van der Waals surface area (Å²) in [5, 5.41) is 2.74.